The maximum atomic E-state index is 11.0. The Kier molecular flexibility index (Phi) is 3.37. The normalized spacial score (nSPS) is 10.3. The molecule has 0 amide bonds. The quantitative estimate of drug-likeness (QED) is 0.898. The van der Waals surface area contributed by atoms with Crippen LogP contribution in [-0.2, 0) is 6.42 Å². The fourth-order valence-corrected chi connectivity index (χ4v) is 1.82. The van der Waals surface area contributed by atoms with Crippen LogP contribution in [-0.4, -0.2) is 21.0 Å². The summed E-state index contributed by atoms with van der Waals surface area (Å²) < 4.78 is 0. The second-order valence-corrected chi connectivity index (χ2v) is 4.03. The van der Waals surface area contributed by atoms with E-state index in [2.05, 4.69) is 9.97 Å². The average Bonchev–Trinajstić information content (AvgIpc) is 2.38. The van der Waals surface area contributed by atoms with Crippen molar-refractivity contribution in [3.05, 3.63) is 47.3 Å². The Morgan fingerprint density at radius 2 is 2.06 bits per heavy atom. The molecule has 0 atom stereocenters. The maximum absolute atomic E-state index is 11.0. The topological polar surface area (TPSA) is 63.1 Å². The molecule has 1 aromatic heterocycles. The molecule has 1 N–H and O–H groups in total. The van der Waals surface area contributed by atoms with Crippen molar-refractivity contribution < 1.29 is 9.90 Å². The SMILES string of the molecule is CCc1nc(-c2ccccc2C)ncc1C(=O)O. The van der Waals surface area contributed by atoms with E-state index in [-0.39, 0.29) is 5.56 Å². The largest absolute Gasteiger partial charge is 0.478 e. The van der Waals surface area contributed by atoms with Crippen LogP contribution in [0.2, 0.25) is 0 Å². The molecule has 2 rings (SSSR count). The van der Waals surface area contributed by atoms with Crippen molar-refractivity contribution >= 4 is 5.97 Å². The first kappa shape index (κ1) is 12.2. The molecule has 0 spiro atoms. The van der Waals surface area contributed by atoms with Gasteiger partial charge in [-0.05, 0) is 18.9 Å². The number of hydrogen-bond acceptors (Lipinski definition) is 3. The van der Waals surface area contributed by atoms with Gasteiger partial charge in [-0.2, -0.15) is 0 Å². The molecule has 0 saturated heterocycles. The first-order valence-electron chi connectivity index (χ1n) is 5.78. The molecule has 92 valence electrons. The molecule has 0 radical (unpaired) electrons. The lowest BCUT2D eigenvalue weighted by atomic mass is 10.1. The number of aryl methyl sites for hydroxylation is 2. The van der Waals surface area contributed by atoms with E-state index in [9.17, 15) is 4.79 Å². The molecule has 18 heavy (non-hydrogen) atoms. The third kappa shape index (κ3) is 2.22. The van der Waals surface area contributed by atoms with Crippen LogP contribution in [0, 0.1) is 6.92 Å². The van der Waals surface area contributed by atoms with Crippen molar-refractivity contribution in [1.82, 2.24) is 9.97 Å². The number of aromatic carboxylic acids is 1. The van der Waals surface area contributed by atoms with Gasteiger partial charge in [0.05, 0.1) is 11.3 Å². The number of nitrogens with zero attached hydrogens (tertiary/aromatic N) is 2. The number of carboxylic acids is 1. The number of rotatable bonds is 3. The van der Waals surface area contributed by atoms with Crippen LogP contribution in [0.5, 0.6) is 0 Å². The number of aromatic nitrogens is 2. The van der Waals surface area contributed by atoms with E-state index in [4.69, 9.17) is 5.11 Å². The molecule has 0 aliphatic carbocycles. The Morgan fingerprint density at radius 1 is 1.33 bits per heavy atom. The lowest BCUT2D eigenvalue weighted by Gasteiger charge is -2.07. The van der Waals surface area contributed by atoms with Crippen molar-refractivity contribution in [2.75, 3.05) is 0 Å². The maximum Gasteiger partial charge on any atom is 0.339 e. The Balaban J connectivity index is 2.55. The van der Waals surface area contributed by atoms with Gasteiger partial charge in [-0.3, -0.25) is 0 Å². The smallest absolute Gasteiger partial charge is 0.339 e. The van der Waals surface area contributed by atoms with Crippen LogP contribution in [0.25, 0.3) is 11.4 Å². The van der Waals surface area contributed by atoms with Gasteiger partial charge in [-0.15, -0.1) is 0 Å². The van der Waals surface area contributed by atoms with Gasteiger partial charge in [0.2, 0.25) is 0 Å². The zero-order valence-corrected chi connectivity index (χ0v) is 10.3. The van der Waals surface area contributed by atoms with E-state index >= 15 is 0 Å². The minimum Gasteiger partial charge on any atom is -0.478 e. The van der Waals surface area contributed by atoms with Crippen LogP contribution in [0.15, 0.2) is 30.5 Å². The van der Waals surface area contributed by atoms with Crippen molar-refractivity contribution in [1.29, 1.82) is 0 Å². The number of benzene rings is 1. The summed E-state index contributed by atoms with van der Waals surface area (Å²) in [6, 6.07) is 7.79. The highest BCUT2D eigenvalue weighted by atomic mass is 16.4. The fourth-order valence-electron chi connectivity index (χ4n) is 1.82. The highest BCUT2D eigenvalue weighted by molar-refractivity contribution is 5.88. The third-order valence-electron chi connectivity index (χ3n) is 2.82. The monoisotopic (exact) mass is 242 g/mol. The van der Waals surface area contributed by atoms with Gasteiger partial charge < -0.3 is 5.11 Å². The zero-order valence-electron chi connectivity index (χ0n) is 10.3. The van der Waals surface area contributed by atoms with E-state index in [0.29, 0.717) is 17.9 Å². The predicted molar refractivity (Wildman–Crippen MR) is 68.5 cm³/mol. The van der Waals surface area contributed by atoms with Crippen molar-refractivity contribution in [3.8, 4) is 11.4 Å². The van der Waals surface area contributed by atoms with Gasteiger partial charge in [0.15, 0.2) is 5.82 Å². The molecular weight excluding hydrogens is 228 g/mol. The summed E-state index contributed by atoms with van der Waals surface area (Å²) in [6.45, 7) is 3.87. The molecular formula is C14H14N2O2. The predicted octanol–water partition coefficient (Wildman–Crippen LogP) is 2.71. The molecule has 0 aliphatic heterocycles. The molecule has 4 nitrogen and oxygen atoms in total. The first-order valence-corrected chi connectivity index (χ1v) is 5.78. The van der Waals surface area contributed by atoms with Gasteiger partial charge in [-0.1, -0.05) is 31.2 Å². The summed E-state index contributed by atoms with van der Waals surface area (Å²) in [5.74, 6) is -0.405. The Morgan fingerprint density at radius 3 is 2.67 bits per heavy atom. The minimum atomic E-state index is -0.983. The van der Waals surface area contributed by atoms with E-state index in [1.54, 1.807) is 0 Å². The van der Waals surface area contributed by atoms with Crippen LogP contribution in [0.3, 0.4) is 0 Å². The van der Waals surface area contributed by atoms with Gasteiger partial charge >= 0.3 is 5.97 Å². The Bertz CT molecular complexity index is 594. The van der Waals surface area contributed by atoms with Crippen LogP contribution < -0.4 is 0 Å². The lowest BCUT2D eigenvalue weighted by molar-refractivity contribution is 0.0694. The molecule has 0 bridgehead atoms. The van der Waals surface area contributed by atoms with Gasteiger partial charge in [0, 0.05) is 11.8 Å². The average molecular weight is 242 g/mol. The molecule has 0 unspecified atom stereocenters. The Hall–Kier alpha value is -2.23. The van der Waals surface area contributed by atoms with Gasteiger partial charge in [0.1, 0.15) is 0 Å². The second kappa shape index (κ2) is 4.96. The standard InChI is InChI=1S/C14H14N2O2/c1-3-12-11(14(17)18)8-15-13(16-12)10-7-5-4-6-9(10)2/h4-8H,3H2,1-2H3,(H,17,18). The number of hydrogen-bond donors (Lipinski definition) is 1. The number of carboxylic acid groups (broad SMARTS) is 1. The van der Waals surface area contributed by atoms with Crippen LogP contribution >= 0.6 is 0 Å². The molecule has 0 aliphatic rings. The highest BCUT2D eigenvalue weighted by Gasteiger charge is 2.13. The van der Waals surface area contributed by atoms with E-state index in [1.165, 1.54) is 6.20 Å². The third-order valence-corrected chi connectivity index (χ3v) is 2.82. The van der Waals surface area contributed by atoms with Crippen molar-refractivity contribution in [3.63, 3.8) is 0 Å². The van der Waals surface area contributed by atoms with Gasteiger partial charge in [-0.25, -0.2) is 14.8 Å². The van der Waals surface area contributed by atoms with E-state index in [0.717, 1.165) is 11.1 Å². The van der Waals surface area contributed by atoms with Gasteiger partial charge in [0.25, 0.3) is 0 Å². The molecule has 1 heterocycles. The summed E-state index contributed by atoms with van der Waals surface area (Å²) in [6.07, 6.45) is 1.96. The first-order chi connectivity index (χ1) is 8.63. The minimum absolute atomic E-state index is 0.176. The van der Waals surface area contributed by atoms with Crippen molar-refractivity contribution in [2.24, 2.45) is 0 Å². The van der Waals surface area contributed by atoms with E-state index in [1.807, 2.05) is 38.1 Å². The summed E-state index contributed by atoms with van der Waals surface area (Å²) >= 11 is 0. The zero-order chi connectivity index (χ0) is 13.1. The highest BCUT2D eigenvalue weighted by Crippen LogP contribution is 2.20. The molecule has 4 heteroatoms. The fraction of sp³-hybridized carbons (Fsp3) is 0.214. The molecule has 0 saturated carbocycles. The number of carbonyl (C=O) groups is 1. The summed E-state index contributed by atoms with van der Waals surface area (Å²) in [5.41, 5.74) is 2.75. The van der Waals surface area contributed by atoms with E-state index < -0.39 is 5.97 Å². The van der Waals surface area contributed by atoms with Crippen LogP contribution in [0.4, 0.5) is 0 Å². The lowest BCUT2D eigenvalue weighted by Crippen LogP contribution is -2.07. The summed E-state index contributed by atoms with van der Waals surface area (Å²) in [4.78, 5) is 19.5. The Labute approximate surface area is 105 Å². The second-order valence-electron chi connectivity index (χ2n) is 4.03. The molecule has 0 fully saturated rings. The van der Waals surface area contributed by atoms with Crippen molar-refractivity contribution in [2.45, 2.75) is 20.3 Å². The van der Waals surface area contributed by atoms with Crippen LogP contribution in [0.1, 0.15) is 28.5 Å². The molecule has 1 aromatic carbocycles. The summed E-state index contributed by atoms with van der Waals surface area (Å²) in [7, 11) is 0. The summed E-state index contributed by atoms with van der Waals surface area (Å²) in [5, 5.41) is 9.03. The molecule has 2 aromatic rings.